The summed E-state index contributed by atoms with van der Waals surface area (Å²) in [5, 5.41) is 0. The van der Waals surface area contributed by atoms with Gasteiger partial charge in [0.25, 0.3) is 0 Å². The van der Waals surface area contributed by atoms with Crippen molar-refractivity contribution in [2.75, 3.05) is 26.2 Å². The Morgan fingerprint density at radius 2 is 1.88 bits per heavy atom. The van der Waals surface area contributed by atoms with Crippen molar-refractivity contribution in [3.05, 3.63) is 30.1 Å². The van der Waals surface area contributed by atoms with Crippen LogP contribution in [0.25, 0.3) is 11.0 Å². The molecule has 128 valence electrons. The summed E-state index contributed by atoms with van der Waals surface area (Å²) in [5.74, 6) is 0.329. The molecule has 1 aliphatic heterocycles. The number of carbonyl (C=O) groups is 2. The summed E-state index contributed by atoms with van der Waals surface area (Å²) in [5.41, 5.74) is 2.85. The highest BCUT2D eigenvalue weighted by molar-refractivity contribution is 5.82. The van der Waals surface area contributed by atoms with E-state index in [4.69, 9.17) is 0 Å². The Bertz CT molecular complexity index is 725. The van der Waals surface area contributed by atoms with E-state index in [2.05, 4.69) is 9.97 Å². The lowest BCUT2D eigenvalue weighted by atomic mass is 10.1. The quantitative estimate of drug-likeness (QED) is 0.933. The lowest BCUT2D eigenvalue weighted by Crippen LogP contribution is -2.37. The number of imidazole rings is 1. The smallest absolute Gasteiger partial charge is 0.227 e. The van der Waals surface area contributed by atoms with Crippen LogP contribution in [0.15, 0.2) is 24.5 Å². The Morgan fingerprint density at radius 1 is 1.12 bits per heavy atom. The summed E-state index contributed by atoms with van der Waals surface area (Å²) >= 11 is 0. The molecular weight excluding hydrogens is 304 g/mol. The third-order valence-electron chi connectivity index (χ3n) is 4.51. The first kappa shape index (κ1) is 16.5. The molecule has 0 unspecified atom stereocenters. The van der Waals surface area contributed by atoms with Crippen molar-refractivity contribution in [3.63, 3.8) is 0 Å². The Balaban J connectivity index is 1.59. The number of nitrogens with zero attached hydrogens (tertiary/aromatic N) is 3. The van der Waals surface area contributed by atoms with E-state index in [-0.39, 0.29) is 11.8 Å². The van der Waals surface area contributed by atoms with Gasteiger partial charge in [-0.05, 0) is 30.5 Å². The van der Waals surface area contributed by atoms with E-state index >= 15 is 0 Å². The molecule has 0 radical (unpaired) electrons. The monoisotopic (exact) mass is 328 g/mol. The summed E-state index contributed by atoms with van der Waals surface area (Å²) < 4.78 is 0. The highest BCUT2D eigenvalue weighted by Crippen LogP contribution is 2.14. The fraction of sp³-hybridized carbons (Fsp3) is 0.500. The average molecular weight is 328 g/mol. The first-order valence-corrected chi connectivity index (χ1v) is 8.65. The molecule has 2 aromatic rings. The SMILES string of the molecule is CCCC(=O)N1CCCN(C(=O)Cc2ccc3nc[nH]c3c2)CC1. The molecule has 1 aromatic heterocycles. The number of carbonyl (C=O) groups excluding carboxylic acids is 2. The van der Waals surface area contributed by atoms with Crippen LogP contribution in [0.4, 0.5) is 0 Å². The van der Waals surface area contributed by atoms with Gasteiger partial charge in [0.1, 0.15) is 0 Å². The first-order chi connectivity index (χ1) is 11.7. The molecular formula is C18H24N4O2. The van der Waals surface area contributed by atoms with Gasteiger partial charge in [0.15, 0.2) is 0 Å². The van der Waals surface area contributed by atoms with Crippen molar-refractivity contribution in [1.29, 1.82) is 0 Å². The Kier molecular flexibility index (Phi) is 5.13. The van der Waals surface area contributed by atoms with E-state index in [1.165, 1.54) is 0 Å². The molecule has 24 heavy (non-hydrogen) atoms. The van der Waals surface area contributed by atoms with Crippen LogP contribution in [0.3, 0.4) is 0 Å². The number of aromatic amines is 1. The van der Waals surface area contributed by atoms with Gasteiger partial charge in [0, 0.05) is 32.6 Å². The van der Waals surface area contributed by atoms with E-state index in [0.29, 0.717) is 25.9 Å². The minimum atomic E-state index is 0.124. The van der Waals surface area contributed by atoms with Crippen LogP contribution in [0.5, 0.6) is 0 Å². The standard InChI is InChI=1S/C18H24N4O2/c1-2-4-17(23)21-7-3-8-22(10-9-21)18(24)12-14-5-6-15-16(11-14)20-13-19-15/h5-6,11,13H,2-4,7-10,12H2,1H3,(H,19,20). The number of amides is 2. The molecule has 1 aromatic carbocycles. The topological polar surface area (TPSA) is 69.3 Å². The molecule has 1 fully saturated rings. The van der Waals surface area contributed by atoms with Gasteiger partial charge in [0.2, 0.25) is 11.8 Å². The molecule has 0 bridgehead atoms. The minimum Gasteiger partial charge on any atom is -0.345 e. The van der Waals surface area contributed by atoms with Gasteiger partial charge in [-0.15, -0.1) is 0 Å². The number of H-pyrrole nitrogens is 1. The van der Waals surface area contributed by atoms with Crippen LogP contribution in [0.1, 0.15) is 31.7 Å². The summed E-state index contributed by atoms with van der Waals surface area (Å²) in [6.07, 6.45) is 4.36. The van der Waals surface area contributed by atoms with Crippen molar-refractivity contribution in [1.82, 2.24) is 19.8 Å². The van der Waals surface area contributed by atoms with Gasteiger partial charge in [0.05, 0.1) is 23.8 Å². The molecule has 0 spiro atoms. The van der Waals surface area contributed by atoms with Crippen molar-refractivity contribution < 1.29 is 9.59 Å². The third-order valence-corrected chi connectivity index (χ3v) is 4.51. The predicted octanol–water partition coefficient (Wildman–Crippen LogP) is 1.97. The molecule has 1 saturated heterocycles. The van der Waals surface area contributed by atoms with Crippen molar-refractivity contribution >= 4 is 22.8 Å². The third kappa shape index (κ3) is 3.75. The molecule has 0 aliphatic carbocycles. The number of rotatable bonds is 4. The van der Waals surface area contributed by atoms with Crippen molar-refractivity contribution in [2.24, 2.45) is 0 Å². The Labute approximate surface area is 141 Å². The molecule has 1 N–H and O–H groups in total. The highest BCUT2D eigenvalue weighted by Gasteiger charge is 2.21. The summed E-state index contributed by atoms with van der Waals surface area (Å²) in [4.78, 5) is 35.7. The van der Waals surface area contributed by atoms with Gasteiger partial charge in [-0.3, -0.25) is 9.59 Å². The maximum absolute atomic E-state index is 12.6. The number of nitrogens with one attached hydrogen (secondary N) is 1. The molecule has 3 rings (SSSR count). The number of aromatic nitrogens is 2. The van der Waals surface area contributed by atoms with Crippen molar-refractivity contribution in [2.45, 2.75) is 32.6 Å². The Morgan fingerprint density at radius 3 is 2.62 bits per heavy atom. The zero-order valence-electron chi connectivity index (χ0n) is 14.1. The maximum atomic E-state index is 12.6. The van der Waals surface area contributed by atoms with Crippen LogP contribution in [-0.2, 0) is 16.0 Å². The van der Waals surface area contributed by atoms with Crippen molar-refractivity contribution in [3.8, 4) is 0 Å². The van der Waals surface area contributed by atoms with Gasteiger partial charge in [-0.1, -0.05) is 13.0 Å². The highest BCUT2D eigenvalue weighted by atomic mass is 16.2. The molecule has 2 amide bonds. The normalized spacial score (nSPS) is 15.5. The average Bonchev–Trinajstić information content (AvgIpc) is 2.89. The molecule has 6 nitrogen and oxygen atoms in total. The van der Waals surface area contributed by atoms with E-state index < -0.39 is 0 Å². The van der Waals surface area contributed by atoms with E-state index in [1.807, 2.05) is 34.9 Å². The van der Waals surface area contributed by atoms with Crippen LogP contribution >= 0.6 is 0 Å². The van der Waals surface area contributed by atoms with Gasteiger partial charge >= 0.3 is 0 Å². The van der Waals surface area contributed by atoms with Crippen LogP contribution in [0.2, 0.25) is 0 Å². The van der Waals surface area contributed by atoms with Crippen LogP contribution in [0, 0.1) is 0 Å². The summed E-state index contributed by atoms with van der Waals surface area (Å²) in [6.45, 7) is 4.76. The number of fused-ring (bicyclic) bond motifs is 1. The lowest BCUT2D eigenvalue weighted by Gasteiger charge is -2.22. The second kappa shape index (κ2) is 7.47. The fourth-order valence-corrected chi connectivity index (χ4v) is 3.17. The van der Waals surface area contributed by atoms with E-state index in [0.717, 1.165) is 42.5 Å². The van der Waals surface area contributed by atoms with Gasteiger partial charge in [-0.2, -0.15) is 0 Å². The predicted molar refractivity (Wildman–Crippen MR) is 92.5 cm³/mol. The zero-order chi connectivity index (χ0) is 16.9. The maximum Gasteiger partial charge on any atom is 0.227 e. The number of hydrogen-bond acceptors (Lipinski definition) is 3. The summed E-state index contributed by atoms with van der Waals surface area (Å²) in [6, 6.07) is 5.87. The number of benzene rings is 1. The zero-order valence-corrected chi connectivity index (χ0v) is 14.1. The Hall–Kier alpha value is -2.37. The van der Waals surface area contributed by atoms with Crippen LogP contribution < -0.4 is 0 Å². The van der Waals surface area contributed by atoms with E-state index in [1.54, 1.807) is 6.33 Å². The van der Waals surface area contributed by atoms with Gasteiger partial charge in [-0.25, -0.2) is 4.98 Å². The van der Waals surface area contributed by atoms with Gasteiger partial charge < -0.3 is 14.8 Å². The largest absolute Gasteiger partial charge is 0.345 e. The lowest BCUT2D eigenvalue weighted by molar-refractivity contribution is -0.133. The molecule has 1 aliphatic rings. The molecule has 6 heteroatoms. The summed E-state index contributed by atoms with van der Waals surface area (Å²) in [7, 11) is 0. The molecule has 2 heterocycles. The first-order valence-electron chi connectivity index (χ1n) is 8.65. The number of hydrogen-bond donors (Lipinski definition) is 1. The minimum absolute atomic E-state index is 0.124. The van der Waals surface area contributed by atoms with E-state index in [9.17, 15) is 9.59 Å². The second-order valence-electron chi connectivity index (χ2n) is 6.30. The fourth-order valence-electron chi connectivity index (χ4n) is 3.17. The molecule has 0 saturated carbocycles. The second-order valence-corrected chi connectivity index (χ2v) is 6.30. The molecule has 0 atom stereocenters. The van der Waals surface area contributed by atoms with Crippen LogP contribution in [-0.4, -0.2) is 57.8 Å².